The maximum atomic E-state index is 10.8. The van der Waals surface area contributed by atoms with Gasteiger partial charge in [0.25, 0.3) is 0 Å². The molecule has 1 N–H and O–H groups in total. The van der Waals surface area contributed by atoms with Crippen molar-refractivity contribution in [2.75, 3.05) is 31.8 Å². The van der Waals surface area contributed by atoms with Crippen LogP contribution in [0.1, 0.15) is 90.4 Å². The summed E-state index contributed by atoms with van der Waals surface area (Å²) in [5.41, 5.74) is 0. The molecule has 3 nitrogen and oxygen atoms in total. The molecule has 0 aliphatic rings. The Morgan fingerprint density at radius 1 is 0.750 bits per heavy atom. The largest absolute Gasteiger partial charge is 0.779 e. The second-order valence-electron chi connectivity index (χ2n) is 7.99. The minimum Gasteiger partial charge on any atom is -0.779 e. The summed E-state index contributed by atoms with van der Waals surface area (Å²) in [4.78, 5) is 19.6. The first kappa shape index (κ1) is 24.6. The van der Waals surface area contributed by atoms with E-state index in [0.717, 1.165) is 6.16 Å². The lowest BCUT2D eigenvalue weighted by atomic mass is 10.1. The molecule has 0 radical (unpaired) electrons. The molecule has 0 aliphatic carbocycles. The number of hydrogen-bond acceptors (Lipinski definition) is 2. The van der Waals surface area contributed by atoms with E-state index in [1.807, 2.05) is 0 Å². The lowest BCUT2D eigenvalue weighted by molar-refractivity contribution is -0.193. The van der Waals surface area contributed by atoms with E-state index in [1.165, 1.54) is 83.2 Å². The third-order valence-electron chi connectivity index (χ3n) is 4.82. The van der Waals surface area contributed by atoms with Gasteiger partial charge in [0, 0.05) is 26.8 Å². The minimum atomic E-state index is -4.04. The van der Waals surface area contributed by atoms with Crippen LogP contribution in [-0.4, -0.2) is 36.7 Å². The highest BCUT2D eigenvalue weighted by Crippen LogP contribution is 2.53. The molecule has 0 rings (SSSR count). The van der Waals surface area contributed by atoms with Crippen molar-refractivity contribution in [1.29, 1.82) is 0 Å². The van der Waals surface area contributed by atoms with Gasteiger partial charge in [0.05, 0.1) is 12.3 Å². The van der Waals surface area contributed by atoms with Gasteiger partial charge in [0.1, 0.15) is 7.60 Å². The predicted molar refractivity (Wildman–Crippen MR) is 109 cm³/mol. The molecule has 24 heavy (non-hydrogen) atoms. The van der Waals surface area contributed by atoms with Crippen molar-refractivity contribution in [3.8, 4) is 0 Å². The first-order valence-corrected chi connectivity index (χ1v) is 14.9. The van der Waals surface area contributed by atoms with E-state index in [2.05, 4.69) is 20.3 Å². The minimum absolute atomic E-state index is 0.0468. The van der Waals surface area contributed by atoms with Gasteiger partial charge in [0.15, 0.2) is 0 Å². The third kappa shape index (κ3) is 18.9. The van der Waals surface area contributed by atoms with Crippen LogP contribution in [0.3, 0.4) is 0 Å². The Hall–Kier alpha value is 0.580. The van der Waals surface area contributed by atoms with E-state index in [9.17, 15) is 9.46 Å². The van der Waals surface area contributed by atoms with Crippen LogP contribution in [0, 0.1) is 0 Å². The van der Waals surface area contributed by atoms with Crippen LogP contribution in [0.25, 0.3) is 0 Å². The van der Waals surface area contributed by atoms with Crippen LogP contribution in [0.2, 0.25) is 0 Å². The molecular weight excluding hydrogens is 338 g/mol. The van der Waals surface area contributed by atoms with E-state index in [0.29, 0.717) is 6.42 Å². The summed E-state index contributed by atoms with van der Waals surface area (Å²) in [7, 11) is -5.02. The van der Waals surface area contributed by atoms with Crippen molar-refractivity contribution >= 4 is 14.9 Å². The zero-order chi connectivity index (χ0) is 18.3. The van der Waals surface area contributed by atoms with E-state index < -0.39 is 14.9 Å². The van der Waals surface area contributed by atoms with Gasteiger partial charge in [-0.15, -0.1) is 0 Å². The Bertz CT molecular complexity index is 327. The summed E-state index contributed by atoms with van der Waals surface area (Å²) in [5.74, 6) is 0. The molecule has 0 amide bonds. The standard InChI is InChI=1S/C19H42O3P2/c1-4-5-6-7-8-9-10-11-12-13-14-15-17-23(2,3)18-16-19-24(20,21)22/h4-19H2,1-3H3,(H-,20,21,22). The van der Waals surface area contributed by atoms with E-state index in [1.54, 1.807) is 0 Å². The Labute approximate surface area is 151 Å². The van der Waals surface area contributed by atoms with Crippen LogP contribution >= 0.6 is 14.9 Å². The van der Waals surface area contributed by atoms with Gasteiger partial charge < -0.3 is 14.4 Å². The first-order chi connectivity index (χ1) is 11.3. The Morgan fingerprint density at radius 2 is 1.12 bits per heavy atom. The number of rotatable bonds is 17. The molecule has 0 aromatic carbocycles. The molecule has 0 heterocycles. The molecule has 0 bridgehead atoms. The molecule has 0 spiro atoms. The summed E-state index contributed by atoms with van der Waals surface area (Å²) >= 11 is 0. The second-order valence-corrected chi connectivity index (χ2v) is 14.5. The molecule has 0 aromatic heterocycles. The maximum absolute atomic E-state index is 10.8. The molecule has 0 fully saturated rings. The van der Waals surface area contributed by atoms with Crippen LogP contribution in [0.5, 0.6) is 0 Å². The second kappa shape index (κ2) is 14.7. The van der Waals surface area contributed by atoms with Gasteiger partial charge >= 0.3 is 0 Å². The fourth-order valence-corrected chi connectivity index (χ4v) is 6.32. The van der Waals surface area contributed by atoms with E-state index in [4.69, 9.17) is 4.89 Å². The van der Waals surface area contributed by atoms with Crippen molar-refractivity contribution in [1.82, 2.24) is 0 Å². The van der Waals surface area contributed by atoms with Crippen molar-refractivity contribution in [3.63, 3.8) is 0 Å². The molecule has 0 aliphatic heterocycles. The Balaban J connectivity index is 3.37. The summed E-state index contributed by atoms with van der Waals surface area (Å²) in [5, 5.41) is 0. The van der Waals surface area contributed by atoms with Gasteiger partial charge in [-0.1, -0.05) is 71.1 Å². The summed E-state index contributed by atoms with van der Waals surface area (Å²) in [6.45, 7) is 6.90. The van der Waals surface area contributed by atoms with E-state index >= 15 is 0 Å². The zero-order valence-electron chi connectivity index (χ0n) is 16.5. The van der Waals surface area contributed by atoms with Crippen molar-refractivity contribution < 1.29 is 14.4 Å². The quantitative estimate of drug-likeness (QED) is 0.252. The highest BCUT2D eigenvalue weighted by atomic mass is 31.2. The smallest absolute Gasteiger partial charge is 0.132 e. The predicted octanol–water partition coefficient (Wildman–Crippen LogP) is 5.90. The lowest BCUT2D eigenvalue weighted by Crippen LogP contribution is -2.07. The normalized spacial score (nSPS) is 14.7. The number of unbranched alkanes of at least 4 members (excludes halogenated alkanes) is 11. The molecule has 1 unspecified atom stereocenters. The lowest BCUT2D eigenvalue weighted by Gasteiger charge is -2.20. The van der Waals surface area contributed by atoms with Crippen LogP contribution in [0.15, 0.2) is 0 Å². The molecule has 5 heteroatoms. The molecule has 0 aromatic rings. The fourth-order valence-electron chi connectivity index (χ4n) is 3.19. The Kier molecular flexibility index (Phi) is 15.1. The van der Waals surface area contributed by atoms with E-state index in [-0.39, 0.29) is 6.16 Å². The van der Waals surface area contributed by atoms with Crippen LogP contribution in [0.4, 0.5) is 0 Å². The topological polar surface area (TPSA) is 60.4 Å². The summed E-state index contributed by atoms with van der Waals surface area (Å²) in [6.07, 6.45) is 19.3. The molecule has 0 saturated carbocycles. The average molecular weight is 380 g/mol. The van der Waals surface area contributed by atoms with Gasteiger partial charge in [-0.3, -0.25) is 0 Å². The van der Waals surface area contributed by atoms with Gasteiger partial charge in [-0.25, -0.2) is 0 Å². The third-order valence-corrected chi connectivity index (χ3v) is 8.76. The monoisotopic (exact) mass is 380 g/mol. The van der Waals surface area contributed by atoms with Crippen LogP contribution < -0.4 is 4.89 Å². The van der Waals surface area contributed by atoms with Crippen LogP contribution in [-0.2, 0) is 4.57 Å². The van der Waals surface area contributed by atoms with Crippen molar-refractivity contribution in [3.05, 3.63) is 0 Å². The highest BCUT2D eigenvalue weighted by molar-refractivity contribution is 7.74. The number of hydrogen-bond donors (Lipinski definition) is 1. The summed E-state index contributed by atoms with van der Waals surface area (Å²) < 4.78 is 10.8. The van der Waals surface area contributed by atoms with Gasteiger partial charge in [0.2, 0.25) is 0 Å². The SMILES string of the molecule is CCCCCCCCCCCCCC[P+](C)(C)CCCP(=O)([O-])O. The van der Waals surface area contributed by atoms with Gasteiger partial charge in [-0.2, -0.15) is 0 Å². The maximum Gasteiger partial charge on any atom is 0.132 e. The average Bonchev–Trinajstić information content (AvgIpc) is 2.46. The van der Waals surface area contributed by atoms with Gasteiger partial charge in [-0.05, 0) is 19.3 Å². The van der Waals surface area contributed by atoms with Crippen molar-refractivity contribution in [2.24, 2.45) is 0 Å². The fraction of sp³-hybridized carbons (Fsp3) is 1.00. The Morgan fingerprint density at radius 3 is 1.54 bits per heavy atom. The highest BCUT2D eigenvalue weighted by Gasteiger charge is 2.24. The zero-order valence-corrected chi connectivity index (χ0v) is 18.3. The molecule has 1 atom stereocenters. The molecule has 0 saturated heterocycles. The molecular formula is C19H42O3P2. The summed E-state index contributed by atoms with van der Waals surface area (Å²) in [6, 6.07) is 0. The first-order valence-electron chi connectivity index (χ1n) is 10.1. The van der Waals surface area contributed by atoms with Crippen molar-refractivity contribution in [2.45, 2.75) is 90.4 Å². The molecule has 146 valence electrons.